The molecule has 0 saturated heterocycles. The van der Waals surface area contributed by atoms with E-state index in [1.54, 1.807) is 16.7 Å². The molecule has 0 unspecified atom stereocenters. The standard InChI is InChI=1S/C26H31FN2O6S/c1-16(2)24-26(36(34,35)22-10-4-17(3)5-11-22)28-25(18-6-8-19(27)9-7-18)29(24)13-12-20(30)14-21(31)15-23(32)33/h4-11,16,20-21,30-31H,12-15H2,1-3H3,(H,32,33)/t20-,21+/m1/s1. The summed E-state index contributed by atoms with van der Waals surface area (Å²) in [6.45, 7) is 5.68. The van der Waals surface area contributed by atoms with Gasteiger partial charge in [-0.1, -0.05) is 31.5 Å². The van der Waals surface area contributed by atoms with Gasteiger partial charge in [0.1, 0.15) is 11.6 Å². The highest BCUT2D eigenvalue weighted by Gasteiger charge is 2.31. The molecule has 0 aliphatic carbocycles. The fourth-order valence-electron chi connectivity index (χ4n) is 4.07. The minimum absolute atomic E-state index is 0.0992. The lowest BCUT2D eigenvalue weighted by molar-refractivity contribution is -0.139. The van der Waals surface area contributed by atoms with Crippen LogP contribution in [0.25, 0.3) is 11.4 Å². The van der Waals surface area contributed by atoms with Crippen LogP contribution in [0.5, 0.6) is 0 Å². The first-order valence-corrected chi connectivity index (χ1v) is 13.1. The van der Waals surface area contributed by atoms with Crippen molar-refractivity contribution in [2.45, 2.75) is 74.6 Å². The largest absolute Gasteiger partial charge is 0.481 e. The van der Waals surface area contributed by atoms with E-state index in [-0.39, 0.29) is 35.2 Å². The molecule has 3 rings (SSSR count). The number of sulfone groups is 1. The van der Waals surface area contributed by atoms with Crippen LogP contribution in [0, 0.1) is 12.7 Å². The third kappa shape index (κ3) is 6.37. The summed E-state index contributed by atoms with van der Waals surface area (Å²) in [5, 5.41) is 29.0. The van der Waals surface area contributed by atoms with Crippen molar-refractivity contribution in [3.63, 3.8) is 0 Å². The number of aliphatic carboxylic acids is 1. The Hall–Kier alpha value is -3.08. The van der Waals surface area contributed by atoms with Crippen molar-refractivity contribution in [1.29, 1.82) is 0 Å². The minimum atomic E-state index is -3.99. The van der Waals surface area contributed by atoms with Crippen LogP contribution in [0.1, 0.15) is 50.3 Å². The summed E-state index contributed by atoms with van der Waals surface area (Å²) >= 11 is 0. The molecule has 3 N–H and O–H groups in total. The third-order valence-electron chi connectivity index (χ3n) is 5.85. The van der Waals surface area contributed by atoms with Gasteiger partial charge in [-0.15, -0.1) is 0 Å². The normalized spacial score (nSPS) is 13.6. The van der Waals surface area contributed by atoms with Gasteiger partial charge in [-0.25, -0.2) is 17.8 Å². The van der Waals surface area contributed by atoms with Gasteiger partial charge >= 0.3 is 5.97 Å². The number of hydrogen-bond acceptors (Lipinski definition) is 6. The van der Waals surface area contributed by atoms with Crippen molar-refractivity contribution in [3.05, 3.63) is 65.6 Å². The van der Waals surface area contributed by atoms with Crippen LogP contribution in [0.4, 0.5) is 4.39 Å². The number of nitrogens with zero attached hydrogens (tertiary/aromatic N) is 2. The smallest absolute Gasteiger partial charge is 0.305 e. The van der Waals surface area contributed by atoms with Crippen molar-refractivity contribution in [3.8, 4) is 11.4 Å². The highest BCUT2D eigenvalue weighted by molar-refractivity contribution is 7.91. The molecule has 0 saturated carbocycles. The summed E-state index contributed by atoms with van der Waals surface area (Å²) in [4.78, 5) is 15.4. The Balaban J connectivity index is 2.07. The minimum Gasteiger partial charge on any atom is -0.481 e. The van der Waals surface area contributed by atoms with Crippen LogP contribution < -0.4 is 0 Å². The predicted molar refractivity (Wildman–Crippen MR) is 132 cm³/mol. The highest BCUT2D eigenvalue weighted by Crippen LogP contribution is 2.34. The summed E-state index contributed by atoms with van der Waals surface area (Å²) in [6, 6.07) is 12.0. The highest BCUT2D eigenvalue weighted by atomic mass is 32.2. The van der Waals surface area contributed by atoms with Crippen molar-refractivity contribution < 1.29 is 32.9 Å². The number of aliphatic hydroxyl groups is 2. The van der Waals surface area contributed by atoms with Crippen LogP contribution in [0.3, 0.4) is 0 Å². The molecular formula is C26H31FN2O6S. The second-order valence-corrected chi connectivity index (χ2v) is 11.1. The Morgan fingerprint density at radius 1 is 1.03 bits per heavy atom. The number of rotatable bonds is 11. The van der Waals surface area contributed by atoms with E-state index in [1.165, 1.54) is 36.4 Å². The van der Waals surface area contributed by atoms with Crippen LogP contribution in [0.2, 0.25) is 0 Å². The van der Waals surface area contributed by atoms with E-state index in [0.29, 0.717) is 17.1 Å². The molecule has 2 atom stereocenters. The van der Waals surface area contributed by atoms with E-state index in [0.717, 1.165) is 5.56 Å². The van der Waals surface area contributed by atoms with Crippen molar-refractivity contribution in [2.75, 3.05) is 0 Å². The van der Waals surface area contributed by atoms with Gasteiger partial charge in [-0.2, -0.15) is 0 Å². The number of carboxylic acids is 1. The average molecular weight is 519 g/mol. The number of halogens is 1. The maximum Gasteiger partial charge on any atom is 0.305 e. The molecule has 0 bridgehead atoms. The van der Waals surface area contributed by atoms with E-state index in [9.17, 15) is 27.8 Å². The van der Waals surface area contributed by atoms with Crippen molar-refractivity contribution in [2.24, 2.45) is 0 Å². The lowest BCUT2D eigenvalue weighted by atomic mass is 10.1. The molecule has 0 spiro atoms. The van der Waals surface area contributed by atoms with E-state index in [1.807, 2.05) is 20.8 Å². The van der Waals surface area contributed by atoms with Gasteiger partial charge in [0, 0.05) is 12.1 Å². The zero-order valence-electron chi connectivity index (χ0n) is 20.4. The maximum absolute atomic E-state index is 13.6. The second kappa shape index (κ2) is 11.3. The predicted octanol–water partition coefficient (Wildman–Crippen LogP) is 3.93. The molecule has 194 valence electrons. The fraction of sp³-hybridized carbons (Fsp3) is 0.385. The molecule has 0 radical (unpaired) electrons. The van der Waals surface area contributed by atoms with E-state index in [4.69, 9.17) is 5.11 Å². The summed E-state index contributed by atoms with van der Waals surface area (Å²) < 4.78 is 42.6. The Kier molecular flexibility index (Phi) is 8.65. The first-order valence-electron chi connectivity index (χ1n) is 11.7. The van der Waals surface area contributed by atoms with E-state index >= 15 is 0 Å². The number of aromatic nitrogens is 2. The van der Waals surface area contributed by atoms with Crippen LogP contribution >= 0.6 is 0 Å². The molecule has 0 aliphatic heterocycles. The molecule has 0 amide bonds. The Bertz CT molecular complexity index is 1300. The van der Waals surface area contributed by atoms with Gasteiger partial charge in [-0.05, 0) is 62.1 Å². The van der Waals surface area contributed by atoms with Gasteiger partial charge in [-0.3, -0.25) is 4.79 Å². The number of benzene rings is 2. The molecule has 0 aliphatic rings. The molecule has 2 aromatic carbocycles. The summed E-state index contributed by atoms with van der Waals surface area (Å²) in [6.07, 6.45) is -2.75. The van der Waals surface area contributed by atoms with Crippen LogP contribution in [-0.2, 0) is 21.2 Å². The fourth-order valence-corrected chi connectivity index (χ4v) is 5.61. The number of aryl methyl sites for hydroxylation is 1. The Morgan fingerprint density at radius 2 is 1.64 bits per heavy atom. The lowest BCUT2D eigenvalue weighted by Gasteiger charge is -2.19. The van der Waals surface area contributed by atoms with Crippen LogP contribution in [0.15, 0.2) is 58.5 Å². The molecular weight excluding hydrogens is 487 g/mol. The number of carbonyl (C=O) groups is 1. The number of carboxylic acid groups (broad SMARTS) is 1. The Morgan fingerprint density at radius 3 is 2.19 bits per heavy atom. The molecule has 0 fully saturated rings. The first-order chi connectivity index (χ1) is 16.9. The number of imidazole rings is 1. The van der Waals surface area contributed by atoms with Crippen molar-refractivity contribution >= 4 is 15.8 Å². The summed E-state index contributed by atoms with van der Waals surface area (Å²) in [5.74, 6) is -1.58. The molecule has 1 heterocycles. The van der Waals surface area contributed by atoms with Gasteiger partial charge in [0.25, 0.3) is 0 Å². The van der Waals surface area contributed by atoms with Gasteiger partial charge in [0.05, 0.1) is 29.2 Å². The van der Waals surface area contributed by atoms with E-state index < -0.39 is 40.3 Å². The van der Waals surface area contributed by atoms with Gasteiger partial charge in [0.15, 0.2) is 5.03 Å². The summed E-state index contributed by atoms with van der Waals surface area (Å²) in [7, 11) is -3.99. The average Bonchev–Trinajstić information content (AvgIpc) is 3.18. The topological polar surface area (TPSA) is 130 Å². The van der Waals surface area contributed by atoms with Crippen LogP contribution in [-0.4, -0.2) is 51.5 Å². The number of hydrogen-bond donors (Lipinski definition) is 3. The zero-order valence-corrected chi connectivity index (χ0v) is 21.2. The Labute approximate surface area is 210 Å². The third-order valence-corrected chi connectivity index (χ3v) is 7.55. The molecule has 10 heteroatoms. The molecule has 3 aromatic rings. The number of aliphatic hydroxyl groups excluding tert-OH is 2. The first kappa shape index (κ1) is 27.5. The maximum atomic E-state index is 13.6. The lowest BCUT2D eigenvalue weighted by Crippen LogP contribution is -2.22. The van der Waals surface area contributed by atoms with Crippen molar-refractivity contribution in [1.82, 2.24) is 9.55 Å². The van der Waals surface area contributed by atoms with Gasteiger partial charge < -0.3 is 19.9 Å². The monoisotopic (exact) mass is 518 g/mol. The summed E-state index contributed by atoms with van der Waals surface area (Å²) in [5.41, 5.74) is 1.85. The quantitative estimate of drug-likeness (QED) is 0.351. The second-order valence-electron chi connectivity index (χ2n) is 9.19. The van der Waals surface area contributed by atoms with E-state index in [2.05, 4.69) is 4.98 Å². The molecule has 36 heavy (non-hydrogen) atoms. The SMILES string of the molecule is Cc1ccc(S(=O)(=O)c2nc(-c3ccc(F)cc3)n(CC[C@@H](O)C[C@H](O)CC(=O)O)c2C(C)C)cc1. The molecule has 8 nitrogen and oxygen atoms in total. The van der Waals surface area contributed by atoms with Gasteiger partial charge in [0.2, 0.25) is 9.84 Å². The zero-order chi connectivity index (χ0) is 26.6. The molecule has 1 aromatic heterocycles.